The highest BCUT2D eigenvalue weighted by atomic mass is 16.7. The molecule has 1 aliphatic heterocycles. The van der Waals surface area contributed by atoms with Crippen molar-refractivity contribution in [1.82, 2.24) is 5.32 Å². The molecule has 0 saturated carbocycles. The average Bonchev–Trinajstić information content (AvgIpc) is 3.37. The number of unbranched alkanes of at least 4 members (excludes halogenated alkanes) is 34. The van der Waals surface area contributed by atoms with Gasteiger partial charge in [0.15, 0.2) is 6.29 Å². The van der Waals surface area contributed by atoms with Crippen LogP contribution in [0.4, 0.5) is 10.5 Å². The van der Waals surface area contributed by atoms with E-state index in [4.69, 9.17) is 18.9 Å². The van der Waals surface area contributed by atoms with Crippen molar-refractivity contribution in [3.63, 3.8) is 0 Å². The van der Waals surface area contributed by atoms with E-state index in [1.165, 1.54) is 193 Å². The third-order valence-electron chi connectivity index (χ3n) is 14.5. The summed E-state index contributed by atoms with van der Waals surface area (Å²) in [5, 5.41) is 60.9. The Morgan fingerprint density at radius 1 is 0.549 bits per heavy atom. The van der Waals surface area contributed by atoms with E-state index in [0.29, 0.717) is 31.0 Å². The van der Waals surface area contributed by atoms with E-state index in [-0.39, 0.29) is 6.61 Å². The Bertz CT molecular complexity index is 1330. The van der Waals surface area contributed by atoms with Gasteiger partial charge in [0, 0.05) is 5.69 Å². The number of aliphatic hydroxyl groups excluding tert-OH is 5. The van der Waals surface area contributed by atoms with Gasteiger partial charge in [0.05, 0.1) is 31.5 Å². The summed E-state index contributed by atoms with van der Waals surface area (Å²) in [5.41, 5.74) is 0.476. The minimum Gasteiger partial charge on any atom is -0.494 e. The lowest BCUT2D eigenvalue weighted by molar-refractivity contribution is -0.302. The Labute approximate surface area is 433 Å². The van der Waals surface area contributed by atoms with Crippen molar-refractivity contribution < 1.29 is 49.3 Å². The predicted molar refractivity (Wildman–Crippen MR) is 291 cm³/mol. The Morgan fingerprint density at radius 2 is 0.958 bits per heavy atom. The number of hydrogen-bond acceptors (Lipinski definition) is 11. The molecular weight excluding hydrogens is 897 g/mol. The van der Waals surface area contributed by atoms with Crippen LogP contribution in [0, 0.1) is 0 Å². The molecule has 0 spiro atoms. The van der Waals surface area contributed by atoms with Crippen LogP contribution in [0.15, 0.2) is 24.3 Å². The van der Waals surface area contributed by atoms with Crippen molar-refractivity contribution in [1.29, 1.82) is 0 Å². The number of anilines is 1. The maximum absolute atomic E-state index is 12.6. The molecule has 0 bridgehead atoms. The van der Waals surface area contributed by atoms with Gasteiger partial charge in [0.1, 0.15) is 36.8 Å². The number of benzene rings is 1. The Kier molecular flexibility index (Phi) is 41.6. The molecule has 1 heterocycles. The molecule has 1 saturated heterocycles. The van der Waals surface area contributed by atoms with Gasteiger partial charge >= 0.3 is 6.09 Å². The Hall–Kier alpha value is -2.03. The topological polar surface area (TPSA) is 179 Å². The zero-order chi connectivity index (χ0) is 51.4. The zero-order valence-corrected chi connectivity index (χ0v) is 45.7. The van der Waals surface area contributed by atoms with Gasteiger partial charge in [-0.2, -0.15) is 0 Å². The molecule has 0 aromatic heterocycles. The first kappa shape index (κ1) is 65.1. The molecule has 1 amide bonds. The monoisotopic (exact) mass is 1010 g/mol. The third-order valence-corrected chi connectivity index (χ3v) is 14.5. The van der Waals surface area contributed by atoms with Crippen molar-refractivity contribution in [3.05, 3.63) is 24.3 Å². The molecule has 0 radical (unpaired) electrons. The molecule has 0 aliphatic carbocycles. The lowest BCUT2D eigenvalue weighted by atomic mass is 9.98. The fourth-order valence-corrected chi connectivity index (χ4v) is 9.79. The first-order valence-electron chi connectivity index (χ1n) is 29.8. The van der Waals surface area contributed by atoms with Crippen LogP contribution in [0.2, 0.25) is 0 Å². The second-order valence-electron chi connectivity index (χ2n) is 21.0. The van der Waals surface area contributed by atoms with Gasteiger partial charge in [-0.1, -0.05) is 239 Å². The normalized spacial score (nSPS) is 19.4. The molecule has 1 aromatic carbocycles. The smallest absolute Gasteiger partial charge is 0.411 e. The van der Waals surface area contributed by atoms with Gasteiger partial charge in [-0.15, -0.1) is 0 Å². The number of ether oxygens (including phenoxy) is 4. The molecule has 2 rings (SSSR count). The summed E-state index contributed by atoms with van der Waals surface area (Å²) < 4.78 is 22.6. The van der Waals surface area contributed by atoms with E-state index in [2.05, 4.69) is 24.5 Å². The highest BCUT2D eigenvalue weighted by Crippen LogP contribution is 2.25. The maximum atomic E-state index is 12.6. The van der Waals surface area contributed by atoms with E-state index in [1.54, 1.807) is 24.3 Å². The maximum Gasteiger partial charge on any atom is 0.411 e. The third kappa shape index (κ3) is 33.5. The predicted octanol–water partition coefficient (Wildman–Crippen LogP) is 13.6. The number of rotatable bonds is 49. The van der Waals surface area contributed by atoms with Crippen LogP contribution in [0.1, 0.15) is 258 Å². The first-order chi connectivity index (χ1) is 34.7. The van der Waals surface area contributed by atoms with E-state index < -0.39 is 61.7 Å². The van der Waals surface area contributed by atoms with E-state index >= 15 is 0 Å². The number of aliphatic hydroxyl groups is 5. The number of carbonyl (C=O) groups excluding carboxylic acids is 1. The van der Waals surface area contributed by atoms with E-state index in [1.807, 2.05) is 6.92 Å². The second kappa shape index (κ2) is 45.4. The van der Waals surface area contributed by atoms with Gasteiger partial charge in [-0.3, -0.25) is 5.32 Å². The number of hydrogen-bond donors (Lipinski definition) is 7. The summed E-state index contributed by atoms with van der Waals surface area (Å²) in [6.07, 6.45) is 36.9. The van der Waals surface area contributed by atoms with Gasteiger partial charge in [0.2, 0.25) is 0 Å². The van der Waals surface area contributed by atoms with Crippen LogP contribution < -0.4 is 15.4 Å². The summed E-state index contributed by atoms with van der Waals surface area (Å²) in [4.78, 5) is 12.6. The lowest BCUT2D eigenvalue weighted by Crippen LogP contribution is -2.60. The summed E-state index contributed by atoms with van der Waals surface area (Å²) in [6, 6.07) is 6.09. The van der Waals surface area contributed by atoms with Crippen LogP contribution in [-0.2, 0) is 14.2 Å². The van der Waals surface area contributed by atoms with Gasteiger partial charge in [-0.05, 0) is 50.6 Å². The summed E-state index contributed by atoms with van der Waals surface area (Å²) in [6.45, 7) is 7.00. The highest BCUT2D eigenvalue weighted by Gasteiger charge is 2.45. The summed E-state index contributed by atoms with van der Waals surface area (Å²) >= 11 is 0. The van der Waals surface area contributed by atoms with Crippen LogP contribution in [0.5, 0.6) is 5.75 Å². The number of carbonyl (C=O) groups is 1. The van der Waals surface area contributed by atoms with Gasteiger partial charge in [-0.25, -0.2) is 4.79 Å². The fourth-order valence-electron chi connectivity index (χ4n) is 9.79. The minimum atomic E-state index is -1.64. The van der Waals surface area contributed by atoms with Crippen LogP contribution >= 0.6 is 0 Å². The standard InChI is InChI=1S/C59H110N2O10/c1-4-7-9-11-13-15-17-19-20-21-22-23-24-25-26-27-28-29-30-32-34-36-38-40-46-60-51(54(63)52(62)41-39-37-35-33-31-18-16-14-12-10-8-5-2)47-69-58-57(66)56(65)55(64)53(71-58)48-70-59(67)61-49-42-44-50(45-43-49)68-6-3/h42-45,51-58,60,62-66H,4-41,46-48H2,1-3H3,(H,61,67)/t51-,52+,53+,54-,55-,56-,57+,58-/m0/s1. The molecule has 1 aromatic rings. The van der Waals surface area contributed by atoms with Crippen LogP contribution in [-0.4, -0.2) is 107 Å². The molecular formula is C59H110N2O10. The van der Waals surface area contributed by atoms with Crippen molar-refractivity contribution in [2.24, 2.45) is 0 Å². The molecule has 0 unspecified atom stereocenters. The average molecular weight is 1010 g/mol. The minimum absolute atomic E-state index is 0.133. The Morgan fingerprint density at radius 3 is 1.38 bits per heavy atom. The van der Waals surface area contributed by atoms with Crippen LogP contribution in [0.3, 0.4) is 0 Å². The van der Waals surface area contributed by atoms with E-state index in [0.717, 1.165) is 38.5 Å². The fraction of sp³-hybridized carbons (Fsp3) is 0.881. The van der Waals surface area contributed by atoms with Crippen molar-refractivity contribution in [2.75, 3.05) is 31.7 Å². The summed E-state index contributed by atoms with van der Waals surface area (Å²) in [5.74, 6) is 0.661. The summed E-state index contributed by atoms with van der Waals surface area (Å²) in [7, 11) is 0. The quantitative estimate of drug-likeness (QED) is 0.0309. The highest BCUT2D eigenvalue weighted by molar-refractivity contribution is 5.84. The number of nitrogens with one attached hydrogen (secondary N) is 2. The molecule has 7 N–H and O–H groups in total. The Balaban J connectivity index is 1.70. The van der Waals surface area contributed by atoms with Crippen LogP contribution in [0.25, 0.3) is 0 Å². The zero-order valence-electron chi connectivity index (χ0n) is 45.7. The second-order valence-corrected chi connectivity index (χ2v) is 21.0. The van der Waals surface area contributed by atoms with Crippen molar-refractivity contribution in [3.8, 4) is 5.75 Å². The molecule has 71 heavy (non-hydrogen) atoms. The lowest BCUT2D eigenvalue weighted by Gasteiger charge is -2.40. The molecule has 416 valence electrons. The number of amides is 1. The molecule has 8 atom stereocenters. The van der Waals surface area contributed by atoms with Gasteiger partial charge in [0.25, 0.3) is 0 Å². The van der Waals surface area contributed by atoms with Crippen molar-refractivity contribution >= 4 is 11.8 Å². The largest absolute Gasteiger partial charge is 0.494 e. The first-order valence-corrected chi connectivity index (χ1v) is 29.8. The molecule has 12 nitrogen and oxygen atoms in total. The molecule has 12 heteroatoms. The van der Waals surface area contributed by atoms with E-state index in [9.17, 15) is 30.3 Å². The van der Waals surface area contributed by atoms with Gasteiger partial charge < -0.3 is 49.8 Å². The van der Waals surface area contributed by atoms with Crippen molar-refractivity contribution in [2.45, 2.75) is 307 Å². The SMILES string of the molecule is CCCCCCCCCCCCCCCCCCCCCCCCCCN[C@@H](CO[C@H]1O[C@H](COC(=O)Nc2ccc(OCC)cc2)[C@H](O)[C@H](O)[C@H]1O)[C@H](O)[C@H](O)CCCCCCCCCCCCCC. The molecule has 1 aliphatic rings. The molecule has 1 fully saturated rings.